The molecule has 1 fully saturated rings. The molecule has 0 unspecified atom stereocenters. The van der Waals surface area contributed by atoms with Crippen molar-refractivity contribution >= 4 is 34.9 Å². The molecule has 4 nitrogen and oxygen atoms in total. The number of rotatable bonds is 3. The molecule has 19 heavy (non-hydrogen) atoms. The Morgan fingerprint density at radius 1 is 1.26 bits per heavy atom. The zero-order valence-electron chi connectivity index (χ0n) is 10.7. The number of hydrogen-bond donors (Lipinski definition) is 2. The summed E-state index contributed by atoms with van der Waals surface area (Å²) in [6.45, 7) is 2.60. The van der Waals surface area contributed by atoms with E-state index in [1.54, 1.807) is 6.07 Å². The summed E-state index contributed by atoms with van der Waals surface area (Å²) in [7, 11) is 0. The minimum Gasteiger partial charge on any atom is -0.327 e. The van der Waals surface area contributed by atoms with E-state index in [4.69, 9.17) is 23.2 Å². The second-order valence-corrected chi connectivity index (χ2v) is 5.72. The average molecular weight is 303 g/mol. The number of aromatic nitrogens is 1. The molecule has 2 N–H and O–H groups in total. The van der Waals surface area contributed by atoms with E-state index in [1.165, 1.54) is 36.8 Å². The molecule has 2 rings (SSSR count). The molecule has 1 amide bonds. The Balaban J connectivity index is 1.89. The van der Waals surface area contributed by atoms with Crippen LogP contribution in [0.5, 0.6) is 0 Å². The van der Waals surface area contributed by atoms with Gasteiger partial charge in [0.2, 0.25) is 0 Å². The maximum atomic E-state index is 12.0. The van der Waals surface area contributed by atoms with Crippen LogP contribution in [0.1, 0.15) is 25.7 Å². The molecule has 1 saturated heterocycles. The summed E-state index contributed by atoms with van der Waals surface area (Å²) in [6, 6.07) is 1.57. The molecule has 0 saturated carbocycles. The van der Waals surface area contributed by atoms with Gasteiger partial charge in [-0.15, -0.1) is 0 Å². The van der Waals surface area contributed by atoms with Gasteiger partial charge in [0.25, 0.3) is 5.91 Å². The number of nitrogens with one attached hydrogen (secondary N) is 2. The Morgan fingerprint density at radius 3 is 2.58 bits per heavy atom. The van der Waals surface area contributed by atoms with Crippen molar-refractivity contribution in [3.8, 4) is 0 Å². The molecule has 1 aromatic heterocycles. The second-order valence-electron chi connectivity index (χ2n) is 4.87. The molecule has 0 atom stereocenters. The Morgan fingerprint density at radius 2 is 1.95 bits per heavy atom. The fourth-order valence-electron chi connectivity index (χ4n) is 2.32. The van der Waals surface area contributed by atoms with E-state index in [2.05, 4.69) is 10.3 Å². The van der Waals surface area contributed by atoms with E-state index in [0.29, 0.717) is 22.4 Å². The number of pyridine rings is 1. The molecule has 104 valence electrons. The Bertz CT molecular complexity index is 446. The van der Waals surface area contributed by atoms with Gasteiger partial charge in [-0.05, 0) is 31.7 Å². The quantitative estimate of drug-likeness (QED) is 0.894. The van der Waals surface area contributed by atoms with Gasteiger partial charge in [-0.3, -0.25) is 4.79 Å². The first-order chi connectivity index (χ1) is 9.15. The number of likely N-dealkylation sites (tertiary alicyclic amines) is 1. The maximum Gasteiger partial charge on any atom is 0.280 e. The van der Waals surface area contributed by atoms with Crippen LogP contribution in [0.2, 0.25) is 10.0 Å². The Labute approximate surface area is 123 Å². The summed E-state index contributed by atoms with van der Waals surface area (Å²) in [6.07, 6.45) is 6.42. The number of carbonyl (C=O) groups is 1. The van der Waals surface area contributed by atoms with Crippen molar-refractivity contribution < 1.29 is 9.69 Å². The lowest BCUT2D eigenvalue weighted by molar-refractivity contribution is -0.890. The third-order valence-corrected chi connectivity index (χ3v) is 3.78. The van der Waals surface area contributed by atoms with Gasteiger partial charge in [-0.1, -0.05) is 23.2 Å². The molecular formula is C13H18Cl2N3O+. The predicted octanol–water partition coefficient (Wildman–Crippen LogP) is 1.79. The lowest BCUT2D eigenvalue weighted by Gasteiger charge is -2.16. The van der Waals surface area contributed by atoms with Crippen molar-refractivity contribution in [1.29, 1.82) is 0 Å². The highest BCUT2D eigenvalue weighted by Gasteiger charge is 2.17. The van der Waals surface area contributed by atoms with Gasteiger partial charge in [-0.2, -0.15) is 0 Å². The third-order valence-electron chi connectivity index (χ3n) is 3.29. The maximum absolute atomic E-state index is 12.0. The zero-order chi connectivity index (χ0) is 13.7. The van der Waals surface area contributed by atoms with Gasteiger partial charge in [0.1, 0.15) is 0 Å². The molecule has 0 aromatic carbocycles. The van der Waals surface area contributed by atoms with E-state index < -0.39 is 0 Å². The summed E-state index contributed by atoms with van der Waals surface area (Å²) in [4.78, 5) is 17.3. The number of nitrogens with zero attached hydrogens (tertiary/aromatic N) is 1. The van der Waals surface area contributed by atoms with Crippen LogP contribution in [0.4, 0.5) is 5.82 Å². The minimum atomic E-state index is -0.0476. The normalized spacial score (nSPS) is 16.9. The van der Waals surface area contributed by atoms with E-state index in [1.807, 2.05) is 0 Å². The van der Waals surface area contributed by atoms with Crippen molar-refractivity contribution in [3.63, 3.8) is 0 Å². The number of amides is 1. The summed E-state index contributed by atoms with van der Waals surface area (Å²) in [5.41, 5.74) is 0. The van der Waals surface area contributed by atoms with Gasteiger partial charge in [-0.25, -0.2) is 4.98 Å². The monoisotopic (exact) mass is 302 g/mol. The van der Waals surface area contributed by atoms with Crippen LogP contribution in [0.15, 0.2) is 12.3 Å². The first kappa shape index (κ1) is 14.6. The van der Waals surface area contributed by atoms with E-state index in [0.717, 1.165) is 13.1 Å². The highest BCUT2D eigenvalue weighted by atomic mass is 35.5. The van der Waals surface area contributed by atoms with Crippen LogP contribution in [0.25, 0.3) is 0 Å². The number of carbonyl (C=O) groups excluding carboxylic acids is 1. The molecule has 1 aliphatic rings. The number of anilines is 1. The lowest BCUT2D eigenvalue weighted by Crippen LogP contribution is -3.12. The summed E-state index contributed by atoms with van der Waals surface area (Å²) in [5, 5.41) is 3.57. The van der Waals surface area contributed by atoms with E-state index >= 15 is 0 Å². The van der Waals surface area contributed by atoms with E-state index in [-0.39, 0.29) is 5.91 Å². The topological polar surface area (TPSA) is 46.4 Å². The van der Waals surface area contributed by atoms with Crippen molar-refractivity contribution in [2.75, 3.05) is 25.0 Å². The van der Waals surface area contributed by atoms with Crippen LogP contribution in [-0.2, 0) is 4.79 Å². The van der Waals surface area contributed by atoms with E-state index in [9.17, 15) is 4.79 Å². The molecule has 2 heterocycles. The standard InChI is InChI=1S/C13H17Cl2N3O/c14-10-7-11(15)13(16-8-10)17-12(19)9-18-5-3-1-2-4-6-18/h7-8H,1-6,9H2,(H,16,17,19)/p+1. The van der Waals surface area contributed by atoms with Gasteiger partial charge in [0.05, 0.1) is 23.1 Å². The van der Waals surface area contributed by atoms with Crippen LogP contribution in [0, 0.1) is 0 Å². The molecule has 0 aliphatic carbocycles. The second kappa shape index (κ2) is 7.08. The molecule has 6 heteroatoms. The van der Waals surface area contributed by atoms with Gasteiger partial charge in [0.15, 0.2) is 12.4 Å². The van der Waals surface area contributed by atoms with Crippen LogP contribution < -0.4 is 10.2 Å². The van der Waals surface area contributed by atoms with Crippen molar-refractivity contribution in [2.45, 2.75) is 25.7 Å². The summed E-state index contributed by atoms with van der Waals surface area (Å²) < 4.78 is 0. The van der Waals surface area contributed by atoms with Gasteiger partial charge in [0, 0.05) is 6.20 Å². The minimum absolute atomic E-state index is 0.0476. The lowest BCUT2D eigenvalue weighted by atomic mass is 10.2. The molecule has 0 spiro atoms. The number of quaternary nitrogens is 1. The van der Waals surface area contributed by atoms with Crippen molar-refractivity contribution in [2.24, 2.45) is 0 Å². The average Bonchev–Trinajstić information content (AvgIpc) is 2.61. The van der Waals surface area contributed by atoms with Gasteiger partial charge < -0.3 is 10.2 Å². The SMILES string of the molecule is O=C(C[NH+]1CCCCCC1)Nc1ncc(Cl)cc1Cl. The Kier molecular flexibility index (Phi) is 5.43. The Hall–Kier alpha value is -0.840. The van der Waals surface area contributed by atoms with Crippen LogP contribution in [0.3, 0.4) is 0 Å². The smallest absolute Gasteiger partial charge is 0.280 e. The largest absolute Gasteiger partial charge is 0.327 e. The van der Waals surface area contributed by atoms with Crippen molar-refractivity contribution in [3.05, 3.63) is 22.3 Å². The molecule has 1 aliphatic heterocycles. The van der Waals surface area contributed by atoms with Crippen LogP contribution in [-0.4, -0.2) is 30.5 Å². The molecular weight excluding hydrogens is 285 g/mol. The predicted molar refractivity (Wildman–Crippen MR) is 76.9 cm³/mol. The van der Waals surface area contributed by atoms with Crippen molar-refractivity contribution in [1.82, 2.24) is 4.98 Å². The first-order valence-electron chi connectivity index (χ1n) is 6.59. The number of hydrogen-bond acceptors (Lipinski definition) is 2. The van der Waals surface area contributed by atoms with Gasteiger partial charge >= 0.3 is 0 Å². The summed E-state index contributed by atoms with van der Waals surface area (Å²) in [5.74, 6) is 0.332. The fraction of sp³-hybridized carbons (Fsp3) is 0.538. The fourth-order valence-corrected chi connectivity index (χ4v) is 2.74. The number of halogens is 2. The van der Waals surface area contributed by atoms with Crippen LogP contribution >= 0.6 is 23.2 Å². The summed E-state index contributed by atoms with van der Waals surface area (Å²) >= 11 is 11.7. The highest BCUT2D eigenvalue weighted by Crippen LogP contribution is 2.22. The highest BCUT2D eigenvalue weighted by molar-refractivity contribution is 6.36. The zero-order valence-corrected chi connectivity index (χ0v) is 12.2. The molecule has 0 radical (unpaired) electrons. The third kappa shape index (κ3) is 4.64. The molecule has 1 aromatic rings. The first-order valence-corrected chi connectivity index (χ1v) is 7.35. The molecule has 0 bridgehead atoms.